The SMILES string of the molecule is CCCCCCCCCCCCc1csc2c1C(=N)/C(=N\S)c1c-2sc(-c2ccc3c4ccc(C(C)(C)C)cc4c4oc5ccccc5c4c3c2)c1CCCCCCCCCCCC. The molecular formula is C58H72N2OS3. The monoisotopic (exact) mass is 908 g/mol. The third-order valence-corrected chi connectivity index (χ3v) is 16.7. The highest BCUT2D eigenvalue weighted by atomic mass is 32.1. The number of para-hydroxylation sites is 1. The second kappa shape index (κ2) is 21.7. The Morgan fingerprint density at radius 2 is 1.19 bits per heavy atom. The van der Waals surface area contributed by atoms with E-state index in [4.69, 9.17) is 4.42 Å². The summed E-state index contributed by atoms with van der Waals surface area (Å²) in [6.07, 6.45) is 28.4. The van der Waals surface area contributed by atoms with Gasteiger partial charge in [0.25, 0.3) is 0 Å². The van der Waals surface area contributed by atoms with Crippen LogP contribution in [0.2, 0.25) is 0 Å². The number of unbranched alkanes of at least 4 members (excludes halogenated alkanes) is 18. The van der Waals surface area contributed by atoms with E-state index in [9.17, 15) is 5.41 Å². The summed E-state index contributed by atoms with van der Waals surface area (Å²) < 4.78 is 11.5. The number of aryl methyl sites for hydroxylation is 1. The number of fused-ring (bicyclic) bond motifs is 11. The lowest BCUT2D eigenvalue weighted by atomic mass is 9.84. The van der Waals surface area contributed by atoms with Crippen molar-refractivity contribution in [1.82, 2.24) is 0 Å². The Balaban J connectivity index is 1.15. The molecule has 0 radical (unpaired) electrons. The number of nitrogens with one attached hydrogen (secondary N) is 1. The summed E-state index contributed by atoms with van der Waals surface area (Å²) in [5.74, 6) is 0. The molecule has 4 aromatic carbocycles. The maximum atomic E-state index is 9.73. The Morgan fingerprint density at radius 3 is 1.83 bits per heavy atom. The Labute approximate surface area is 397 Å². The number of thiophene rings is 2. The van der Waals surface area contributed by atoms with Crippen LogP contribution in [0.25, 0.3) is 63.7 Å². The van der Waals surface area contributed by atoms with Crippen molar-refractivity contribution in [3.05, 3.63) is 93.9 Å². The van der Waals surface area contributed by atoms with Crippen LogP contribution in [0.1, 0.15) is 191 Å². The lowest BCUT2D eigenvalue weighted by Crippen LogP contribution is -2.22. The van der Waals surface area contributed by atoms with Crippen LogP contribution in [0, 0.1) is 5.41 Å². The normalized spacial score (nSPS) is 13.7. The van der Waals surface area contributed by atoms with Gasteiger partial charge in [-0.2, -0.15) is 0 Å². The predicted octanol–water partition coefficient (Wildman–Crippen LogP) is 19.6. The van der Waals surface area contributed by atoms with E-state index in [1.165, 1.54) is 186 Å². The first-order valence-corrected chi connectivity index (χ1v) is 27.2. The highest BCUT2D eigenvalue weighted by Gasteiger charge is 2.35. The van der Waals surface area contributed by atoms with Gasteiger partial charge in [0.15, 0.2) is 0 Å². The quantitative estimate of drug-likeness (QED) is 0.0375. The second-order valence-electron chi connectivity index (χ2n) is 19.8. The minimum atomic E-state index is 0.0237. The highest BCUT2D eigenvalue weighted by Crippen LogP contribution is 2.51. The Kier molecular flexibility index (Phi) is 15.9. The van der Waals surface area contributed by atoms with Crippen molar-refractivity contribution < 1.29 is 4.42 Å². The van der Waals surface area contributed by atoms with E-state index >= 15 is 0 Å². The van der Waals surface area contributed by atoms with Crippen molar-refractivity contribution in [2.45, 2.75) is 181 Å². The molecule has 0 amide bonds. The molecule has 64 heavy (non-hydrogen) atoms. The number of hydrogen-bond acceptors (Lipinski definition) is 6. The summed E-state index contributed by atoms with van der Waals surface area (Å²) in [6.45, 7) is 11.4. The molecule has 1 N–H and O–H groups in total. The van der Waals surface area contributed by atoms with Gasteiger partial charge in [0.05, 0.1) is 15.5 Å². The van der Waals surface area contributed by atoms with Crippen LogP contribution >= 0.6 is 35.5 Å². The lowest BCUT2D eigenvalue weighted by molar-refractivity contribution is 0.556. The first kappa shape index (κ1) is 46.8. The van der Waals surface area contributed by atoms with E-state index in [2.05, 4.69) is 118 Å². The molecule has 0 saturated carbocycles. The van der Waals surface area contributed by atoms with E-state index in [1.807, 2.05) is 22.7 Å². The summed E-state index contributed by atoms with van der Waals surface area (Å²) in [4.78, 5) is 3.85. The molecule has 0 saturated heterocycles. The first-order chi connectivity index (χ1) is 31.2. The van der Waals surface area contributed by atoms with Gasteiger partial charge in [0.1, 0.15) is 16.9 Å². The van der Waals surface area contributed by atoms with Gasteiger partial charge in [0.2, 0.25) is 0 Å². The predicted molar refractivity (Wildman–Crippen MR) is 288 cm³/mol. The van der Waals surface area contributed by atoms with Gasteiger partial charge in [-0.15, -0.1) is 22.7 Å². The van der Waals surface area contributed by atoms with Gasteiger partial charge in [-0.05, 0) is 106 Å². The second-order valence-corrected chi connectivity index (χ2v) is 21.9. The fourth-order valence-corrected chi connectivity index (χ4v) is 13.2. The molecule has 3 nitrogen and oxygen atoms in total. The molecule has 0 spiro atoms. The fourth-order valence-electron chi connectivity index (χ4n) is 10.4. The molecule has 6 heteroatoms. The van der Waals surface area contributed by atoms with Crippen molar-refractivity contribution in [3.63, 3.8) is 0 Å². The third kappa shape index (κ3) is 10.0. The van der Waals surface area contributed by atoms with E-state index < -0.39 is 0 Å². The molecule has 3 heterocycles. The van der Waals surface area contributed by atoms with Gasteiger partial charge in [-0.3, -0.25) is 5.41 Å². The van der Waals surface area contributed by atoms with Crippen LogP contribution in [0.4, 0.5) is 0 Å². The Hall–Kier alpha value is -3.71. The number of thiol groups is 1. The standard InChI is InChI=1S/C58H72N2OS3/c1-6-8-10-12-14-16-18-20-22-24-28-40-38-63-56-49(40)52(59)53(60-62)51-45(30-25-23-21-19-17-15-13-11-9-7-2)55(64-57(51)56)39-32-34-42-43-35-33-41(58(3,4)5)37-47(43)54-50(46(42)36-39)44-29-26-27-31-48(44)61-54/h26-27,29,31-38,59,62H,6-25,28,30H2,1-5H3/b59-52?,60-53-. The van der Waals surface area contributed by atoms with Crippen LogP contribution in [0.15, 0.2) is 74.9 Å². The van der Waals surface area contributed by atoms with Crippen molar-refractivity contribution >= 4 is 90.4 Å². The largest absolute Gasteiger partial charge is 0.455 e. The van der Waals surface area contributed by atoms with E-state index in [0.717, 1.165) is 52.7 Å². The molecule has 1 aliphatic rings. The van der Waals surface area contributed by atoms with Gasteiger partial charge in [-0.1, -0.05) is 193 Å². The zero-order valence-electron chi connectivity index (χ0n) is 39.5. The number of rotatable bonds is 23. The van der Waals surface area contributed by atoms with Crippen LogP contribution in [-0.2, 0) is 18.3 Å². The molecule has 7 aromatic rings. The van der Waals surface area contributed by atoms with E-state index in [0.29, 0.717) is 5.71 Å². The number of furan rings is 1. The Bertz CT molecular complexity index is 2740. The summed E-state index contributed by atoms with van der Waals surface area (Å²) in [6, 6.07) is 22.7. The summed E-state index contributed by atoms with van der Waals surface area (Å²) >= 11 is 8.40. The van der Waals surface area contributed by atoms with Crippen LogP contribution < -0.4 is 0 Å². The maximum Gasteiger partial charge on any atom is 0.143 e. The van der Waals surface area contributed by atoms with Gasteiger partial charge >= 0.3 is 0 Å². The topological polar surface area (TPSA) is 49.4 Å². The molecule has 1 aliphatic carbocycles. The van der Waals surface area contributed by atoms with E-state index in [-0.39, 0.29) is 5.41 Å². The van der Waals surface area contributed by atoms with Crippen LogP contribution in [-0.4, -0.2) is 11.4 Å². The van der Waals surface area contributed by atoms with Crippen LogP contribution in [0.5, 0.6) is 0 Å². The summed E-state index contributed by atoms with van der Waals surface area (Å²) in [5, 5.41) is 19.3. The summed E-state index contributed by atoms with van der Waals surface area (Å²) in [7, 11) is 0. The van der Waals surface area contributed by atoms with Crippen molar-refractivity contribution in [3.8, 4) is 20.2 Å². The Morgan fingerprint density at radius 1 is 0.594 bits per heavy atom. The molecular weight excluding hydrogens is 837 g/mol. The smallest absolute Gasteiger partial charge is 0.143 e. The first-order valence-electron chi connectivity index (χ1n) is 25.1. The van der Waals surface area contributed by atoms with Crippen molar-refractivity contribution in [2.24, 2.45) is 4.40 Å². The minimum Gasteiger partial charge on any atom is -0.455 e. The molecule has 0 aliphatic heterocycles. The molecule has 0 bridgehead atoms. The molecule has 0 atom stereocenters. The summed E-state index contributed by atoms with van der Waals surface area (Å²) in [5.41, 5.74) is 10.7. The molecule has 338 valence electrons. The number of nitrogens with zero attached hydrogens (tertiary/aromatic N) is 1. The highest BCUT2D eigenvalue weighted by molar-refractivity contribution is 7.79. The van der Waals surface area contributed by atoms with Crippen molar-refractivity contribution in [2.75, 3.05) is 0 Å². The lowest BCUT2D eigenvalue weighted by Gasteiger charge is -2.20. The molecule has 0 unspecified atom stereocenters. The zero-order chi connectivity index (χ0) is 44.6. The van der Waals surface area contributed by atoms with Gasteiger partial charge < -0.3 is 4.42 Å². The van der Waals surface area contributed by atoms with Crippen LogP contribution in [0.3, 0.4) is 0 Å². The number of hydrogen-bond donors (Lipinski definition) is 2. The third-order valence-electron chi connectivity index (χ3n) is 14.1. The molecule has 0 fully saturated rings. The fraction of sp³-hybridized carbons (Fsp3) is 0.483. The maximum absolute atomic E-state index is 9.73. The molecule has 3 aromatic heterocycles. The van der Waals surface area contributed by atoms with Gasteiger partial charge in [0, 0.05) is 32.2 Å². The number of benzene rings is 4. The van der Waals surface area contributed by atoms with Crippen molar-refractivity contribution in [1.29, 1.82) is 5.41 Å². The molecule has 8 rings (SSSR count). The minimum absolute atomic E-state index is 0.0237. The average molecular weight is 909 g/mol. The zero-order valence-corrected chi connectivity index (χ0v) is 42.1. The van der Waals surface area contributed by atoms with E-state index in [1.54, 1.807) is 0 Å². The van der Waals surface area contributed by atoms with Gasteiger partial charge in [-0.25, -0.2) is 4.40 Å². The average Bonchev–Trinajstić information content (AvgIpc) is 4.02.